The van der Waals surface area contributed by atoms with Crippen LogP contribution in [0, 0.1) is 5.92 Å². The van der Waals surface area contributed by atoms with Gasteiger partial charge in [0.1, 0.15) is 29.1 Å². The number of hydrogen-bond donors (Lipinski definition) is 0. The van der Waals surface area contributed by atoms with E-state index >= 15 is 0 Å². The fourth-order valence-corrected chi connectivity index (χ4v) is 3.79. The van der Waals surface area contributed by atoms with E-state index in [1.165, 1.54) is 45.9 Å². The minimum absolute atomic E-state index is 0.00927. The molecule has 39 heavy (non-hydrogen) atoms. The van der Waals surface area contributed by atoms with E-state index in [0.717, 1.165) is 5.57 Å². The summed E-state index contributed by atoms with van der Waals surface area (Å²) in [4.78, 5) is 61.1. The summed E-state index contributed by atoms with van der Waals surface area (Å²) in [6, 6.07) is 4.10. The Kier molecular flexibility index (Phi) is 10.8. The van der Waals surface area contributed by atoms with Crippen molar-refractivity contribution in [3.63, 3.8) is 0 Å². The molecule has 0 amide bonds. The molecule has 0 aromatic heterocycles. The number of ether oxygens (including phenoxy) is 5. The van der Waals surface area contributed by atoms with Crippen molar-refractivity contribution in [1.29, 1.82) is 0 Å². The topological polar surface area (TPSA) is 132 Å². The molecule has 0 saturated heterocycles. The zero-order valence-electron chi connectivity index (χ0n) is 23.5. The monoisotopic (exact) mass is 542 g/mol. The lowest BCUT2D eigenvalue weighted by atomic mass is 9.96. The van der Waals surface area contributed by atoms with Gasteiger partial charge in [-0.2, -0.15) is 0 Å². The molecule has 0 bridgehead atoms. The second kappa shape index (κ2) is 13.5. The molecule has 10 nitrogen and oxygen atoms in total. The first-order chi connectivity index (χ1) is 18.2. The lowest BCUT2D eigenvalue weighted by molar-refractivity contribution is -0.150. The predicted octanol–water partition coefficient (Wildman–Crippen LogP) is 5.53. The van der Waals surface area contributed by atoms with E-state index in [-0.39, 0.29) is 58.1 Å². The van der Waals surface area contributed by atoms with E-state index in [1.54, 1.807) is 0 Å². The second-order valence-corrected chi connectivity index (χ2v) is 9.57. The van der Waals surface area contributed by atoms with Gasteiger partial charge in [-0.1, -0.05) is 25.5 Å². The third-order valence-corrected chi connectivity index (χ3v) is 5.09. The first-order valence-electron chi connectivity index (χ1n) is 12.4. The van der Waals surface area contributed by atoms with Crippen LogP contribution >= 0.6 is 0 Å². The van der Waals surface area contributed by atoms with Crippen LogP contribution in [-0.4, -0.2) is 29.8 Å². The standard InChI is InChI=1S/C29H34O10/c1-15(2)9-10-22(39-26(34)13-16(3)4)21-14-25(37-19(7)32)27-23(35-17(5)30)11-12-24(36-18(6)31)28(27)29(21)38-20(8)33/h9,11-12,14,16,22H,10,13H2,1-8H3. The first kappa shape index (κ1) is 31.0. The van der Waals surface area contributed by atoms with Crippen molar-refractivity contribution in [2.75, 3.05) is 0 Å². The summed E-state index contributed by atoms with van der Waals surface area (Å²) in [6.07, 6.45) is 1.18. The lowest BCUT2D eigenvalue weighted by Gasteiger charge is -2.24. The second-order valence-electron chi connectivity index (χ2n) is 9.57. The van der Waals surface area contributed by atoms with Crippen LogP contribution < -0.4 is 18.9 Å². The predicted molar refractivity (Wildman–Crippen MR) is 142 cm³/mol. The van der Waals surface area contributed by atoms with Gasteiger partial charge in [0.05, 0.1) is 10.8 Å². The van der Waals surface area contributed by atoms with E-state index in [2.05, 4.69) is 0 Å². The number of allylic oxidation sites excluding steroid dienone is 1. The number of carbonyl (C=O) groups excluding carboxylic acids is 5. The lowest BCUT2D eigenvalue weighted by Crippen LogP contribution is -2.16. The van der Waals surface area contributed by atoms with E-state index < -0.39 is 36.0 Å². The molecule has 0 aliphatic carbocycles. The molecular formula is C29H34O10. The van der Waals surface area contributed by atoms with Gasteiger partial charge in [-0.3, -0.25) is 24.0 Å². The Bertz CT molecular complexity index is 1320. The summed E-state index contributed by atoms with van der Waals surface area (Å²) in [6.45, 7) is 12.2. The molecule has 0 heterocycles. The Morgan fingerprint density at radius 1 is 0.718 bits per heavy atom. The molecule has 0 N–H and O–H groups in total. The maximum atomic E-state index is 12.8. The normalized spacial score (nSPS) is 11.4. The Labute approximate surface area is 227 Å². The fraction of sp³-hybridized carbons (Fsp3) is 0.414. The third kappa shape index (κ3) is 8.94. The average molecular weight is 543 g/mol. The molecular weight excluding hydrogens is 508 g/mol. The molecule has 0 saturated carbocycles. The highest BCUT2D eigenvalue weighted by Crippen LogP contribution is 2.49. The van der Waals surface area contributed by atoms with Crippen LogP contribution in [0.15, 0.2) is 29.8 Å². The van der Waals surface area contributed by atoms with Gasteiger partial charge < -0.3 is 23.7 Å². The van der Waals surface area contributed by atoms with Gasteiger partial charge in [-0.05, 0) is 38.0 Å². The zero-order valence-corrected chi connectivity index (χ0v) is 23.5. The Morgan fingerprint density at radius 3 is 1.67 bits per heavy atom. The van der Waals surface area contributed by atoms with Crippen LogP contribution in [-0.2, 0) is 28.7 Å². The van der Waals surface area contributed by atoms with Crippen LogP contribution in [0.3, 0.4) is 0 Å². The minimum Gasteiger partial charge on any atom is -0.457 e. The number of carbonyl (C=O) groups is 5. The molecule has 0 radical (unpaired) electrons. The highest BCUT2D eigenvalue weighted by Gasteiger charge is 2.30. The van der Waals surface area contributed by atoms with E-state index in [4.69, 9.17) is 23.7 Å². The molecule has 0 fully saturated rings. The van der Waals surface area contributed by atoms with Gasteiger partial charge >= 0.3 is 29.8 Å². The van der Waals surface area contributed by atoms with Crippen molar-refractivity contribution in [3.05, 3.63) is 35.4 Å². The van der Waals surface area contributed by atoms with Gasteiger partial charge in [0, 0.05) is 46.1 Å². The van der Waals surface area contributed by atoms with Crippen molar-refractivity contribution >= 4 is 40.6 Å². The zero-order chi connectivity index (χ0) is 29.4. The van der Waals surface area contributed by atoms with Crippen LogP contribution in [0.5, 0.6) is 23.0 Å². The smallest absolute Gasteiger partial charge is 0.308 e. The molecule has 0 aliphatic rings. The summed E-state index contributed by atoms with van der Waals surface area (Å²) < 4.78 is 27.7. The molecule has 0 spiro atoms. The number of benzene rings is 2. The van der Waals surface area contributed by atoms with Crippen molar-refractivity contribution in [1.82, 2.24) is 0 Å². The van der Waals surface area contributed by atoms with Crippen LogP contribution in [0.25, 0.3) is 10.8 Å². The molecule has 2 aromatic rings. The Morgan fingerprint density at radius 2 is 1.21 bits per heavy atom. The van der Waals surface area contributed by atoms with Crippen LogP contribution in [0.1, 0.15) is 79.9 Å². The Hall–Kier alpha value is -4.21. The van der Waals surface area contributed by atoms with Gasteiger partial charge in [0.15, 0.2) is 0 Å². The van der Waals surface area contributed by atoms with Gasteiger partial charge in [-0.25, -0.2) is 0 Å². The fourth-order valence-electron chi connectivity index (χ4n) is 3.79. The number of fused-ring (bicyclic) bond motifs is 1. The van der Waals surface area contributed by atoms with Crippen molar-refractivity contribution in [2.24, 2.45) is 5.92 Å². The van der Waals surface area contributed by atoms with Crippen molar-refractivity contribution in [3.8, 4) is 23.0 Å². The summed E-state index contributed by atoms with van der Waals surface area (Å²) in [5.74, 6) is -3.55. The molecule has 210 valence electrons. The highest BCUT2D eigenvalue weighted by atomic mass is 16.6. The summed E-state index contributed by atoms with van der Waals surface area (Å²) in [5.41, 5.74) is 1.12. The largest absolute Gasteiger partial charge is 0.457 e. The maximum absolute atomic E-state index is 12.8. The van der Waals surface area contributed by atoms with E-state index in [9.17, 15) is 24.0 Å². The van der Waals surface area contributed by atoms with Crippen molar-refractivity contribution in [2.45, 2.75) is 74.3 Å². The SMILES string of the molecule is CC(=O)Oc1ccc(OC(C)=O)c2c(OC(C)=O)c(C(CC=C(C)C)OC(=O)CC(C)C)cc(OC(C)=O)c12. The van der Waals surface area contributed by atoms with Gasteiger partial charge in [-0.15, -0.1) is 0 Å². The number of rotatable bonds is 10. The molecule has 1 unspecified atom stereocenters. The Balaban J connectivity index is 3.08. The van der Waals surface area contributed by atoms with Crippen LogP contribution in [0.4, 0.5) is 0 Å². The minimum atomic E-state index is -0.984. The average Bonchev–Trinajstić information content (AvgIpc) is 2.77. The molecule has 2 aromatic carbocycles. The summed E-state index contributed by atoms with van der Waals surface area (Å²) in [5, 5.41) is 0.0450. The summed E-state index contributed by atoms with van der Waals surface area (Å²) in [7, 11) is 0. The maximum Gasteiger partial charge on any atom is 0.308 e. The van der Waals surface area contributed by atoms with Gasteiger partial charge in [0.2, 0.25) is 0 Å². The molecule has 10 heteroatoms. The molecule has 2 rings (SSSR count). The summed E-state index contributed by atoms with van der Waals surface area (Å²) >= 11 is 0. The van der Waals surface area contributed by atoms with Gasteiger partial charge in [0.25, 0.3) is 0 Å². The molecule has 0 aliphatic heterocycles. The van der Waals surface area contributed by atoms with E-state index in [1.807, 2.05) is 33.8 Å². The molecule has 1 atom stereocenters. The quantitative estimate of drug-likeness (QED) is 0.214. The van der Waals surface area contributed by atoms with Crippen molar-refractivity contribution < 1.29 is 47.7 Å². The number of esters is 5. The first-order valence-corrected chi connectivity index (χ1v) is 12.4. The third-order valence-electron chi connectivity index (χ3n) is 5.09. The van der Waals surface area contributed by atoms with Crippen LogP contribution in [0.2, 0.25) is 0 Å². The highest BCUT2D eigenvalue weighted by molar-refractivity contribution is 6.06. The number of hydrogen-bond acceptors (Lipinski definition) is 10. The van der Waals surface area contributed by atoms with E-state index in [0.29, 0.717) is 0 Å².